The Morgan fingerprint density at radius 3 is 3.00 bits per heavy atom. The number of halogens is 1. The molecule has 0 bridgehead atoms. The first kappa shape index (κ1) is 11.5. The molecule has 0 saturated heterocycles. The number of nitrogens with zero attached hydrogens (tertiary/aromatic N) is 4. The van der Waals surface area contributed by atoms with Crippen molar-refractivity contribution in [3.05, 3.63) is 31.6 Å². The molecule has 8 heteroatoms. The van der Waals surface area contributed by atoms with E-state index in [1.807, 2.05) is 22.6 Å². The first-order chi connectivity index (χ1) is 7.59. The zero-order valence-corrected chi connectivity index (χ0v) is 11.3. The summed E-state index contributed by atoms with van der Waals surface area (Å²) in [7, 11) is 0. The Morgan fingerprint density at radius 2 is 2.38 bits per heavy atom. The van der Waals surface area contributed by atoms with Crippen molar-refractivity contribution in [1.82, 2.24) is 19.1 Å². The Bertz CT molecular complexity index is 578. The molecule has 0 atom stereocenters. The van der Waals surface area contributed by atoms with Gasteiger partial charge in [0.15, 0.2) is 0 Å². The van der Waals surface area contributed by atoms with Crippen LogP contribution in [0, 0.1) is 10.5 Å². The molecule has 6 nitrogen and oxygen atoms in total. The molecule has 2 N–H and O–H groups in total. The van der Waals surface area contributed by atoms with E-state index >= 15 is 0 Å². The molecule has 2 aromatic heterocycles. The molecule has 0 aliphatic carbocycles. The van der Waals surface area contributed by atoms with Crippen LogP contribution in [0.3, 0.4) is 0 Å². The summed E-state index contributed by atoms with van der Waals surface area (Å²) in [4.78, 5) is 16.0. The number of aryl methyl sites for hydroxylation is 1. The highest BCUT2D eigenvalue weighted by atomic mass is 127. The molecule has 0 saturated carbocycles. The number of aromatic nitrogens is 4. The Balaban J connectivity index is 2.40. The van der Waals surface area contributed by atoms with Gasteiger partial charge in [0, 0.05) is 11.5 Å². The van der Waals surface area contributed by atoms with Crippen molar-refractivity contribution >= 4 is 39.1 Å². The van der Waals surface area contributed by atoms with Gasteiger partial charge < -0.3 is 5.73 Å². The summed E-state index contributed by atoms with van der Waals surface area (Å²) in [6.07, 6.45) is 1.50. The van der Waals surface area contributed by atoms with E-state index in [1.165, 1.54) is 10.9 Å². The predicted octanol–water partition coefficient (Wildman–Crippen LogP) is 0.638. The number of nitrogen functional groups attached to an aromatic ring is 1. The molecule has 84 valence electrons. The minimum absolute atomic E-state index is 0.0829. The minimum atomic E-state index is -0.0829. The standard InChI is InChI=1S/C8H8IN5OS/c1-4-6(9)8(15)14(3-11-4)2-5-7(10)16-13-12-5/h3H,2,10H2,1H3. The third-order valence-electron chi connectivity index (χ3n) is 2.06. The molecule has 0 aliphatic heterocycles. The van der Waals surface area contributed by atoms with Crippen molar-refractivity contribution in [3.63, 3.8) is 0 Å². The van der Waals surface area contributed by atoms with Gasteiger partial charge in [0.25, 0.3) is 5.56 Å². The molecular weight excluding hydrogens is 341 g/mol. The lowest BCUT2D eigenvalue weighted by atomic mass is 10.4. The third-order valence-corrected chi connectivity index (χ3v) is 3.90. The van der Waals surface area contributed by atoms with E-state index < -0.39 is 0 Å². The monoisotopic (exact) mass is 349 g/mol. The largest absolute Gasteiger partial charge is 0.388 e. The maximum absolute atomic E-state index is 11.9. The molecule has 0 amide bonds. The highest BCUT2D eigenvalue weighted by molar-refractivity contribution is 14.1. The average molecular weight is 349 g/mol. The molecule has 2 heterocycles. The van der Waals surface area contributed by atoms with Crippen molar-refractivity contribution in [2.24, 2.45) is 0 Å². The Morgan fingerprint density at radius 1 is 1.62 bits per heavy atom. The van der Waals surface area contributed by atoms with Gasteiger partial charge in [-0.2, -0.15) is 0 Å². The molecule has 0 aromatic carbocycles. The number of hydrogen-bond acceptors (Lipinski definition) is 6. The zero-order chi connectivity index (χ0) is 11.7. The van der Waals surface area contributed by atoms with Gasteiger partial charge in [0.1, 0.15) is 10.7 Å². The van der Waals surface area contributed by atoms with Crippen LogP contribution >= 0.6 is 34.1 Å². The van der Waals surface area contributed by atoms with Crippen molar-refractivity contribution in [3.8, 4) is 0 Å². The summed E-state index contributed by atoms with van der Waals surface area (Å²) in [5, 5.41) is 4.39. The fourth-order valence-electron chi connectivity index (χ4n) is 1.15. The summed E-state index contributed by atoms with van der Waals surface area (Å²) >= 11 is 3.10. The van der Waals surface area contributed by atoms with Crippen molar-refractivity contribution in [2.45, 2.75) is 13.5 Å². The van der Waals surface area contributed by atoms with Gasteiger partial charge in [-0.1, -0.05) is 4.49 Å². The first-order valence-electron chi connectivity index (χ1n) is 4.38. The lowest BCUT2D eigenvalue weighted by molar-refractivity contribution is 0.706. The van der Waals surface area contributed by atoms with Gasteiger partial charge >= 0.3 is 0 Å². The topological polar surface area (TPSA) is 86.7 Å². The van der Waals surface area contributed by atoms with Crippen LogP contribution in [0.15, 0.2) is 11.1 Å². The number of nitrogens with two attached hydrogens (primary N) is 1. The molecular formula is C8H8IN5OS. The summed E-state index contributed by atoms with van der Waals surface area (Å²) < 4.78 is 5.80. The maximum Gasteiger partial charge on any atom is 0.267 e. The Hall–Kier alpha value is -1.03. The smallest absolute Gasteiger partial charge is 0.267 e. The second-order valence-electron chi connectivity index (χ2n) is 3.16. The van der Waals surface area contributed by atoms with E-state index in [0.717, 1.165) is 17.2 Å². The number of hydrogen-bond donors (Lipinski definition) is 1. The first-order valence-corrected chi connectivity index (χ1v) is 6.23. The van der Waals surface area contributed by atoms with E-state index in [-0.39, 0.29) is 5.56 Å². The lowest BCUT2D eigenvalue weighted by Gasteiger charge is -2.04. The van der Waals surface area contributed by atoms with Gasteiger partial charge in [-0.25, -0.2) is 4.98 Å². The van der Waals surface area contributed by atoms with Crippen LogP contribution in [-0.2, 0) is 6.54 Å². The van der Waals surface area contributed by atoms with E-state index in [1.54, 1.807) is 6.92 Å². The average Bonchev–Trinajstić information content (AvgIpc) is 2.65. The van der Waals surface area contributed by atoms with Crippen LogP contribution in [0.5, 0.6) is 0 Å². The number of rotatable bonds is 2. The SMILES string of the molecule is Cc1ncn(Cc2nnsc2N)c(=O)c1I. The molecule has 0 unspecified atom stereocenters. The van der Waals surface area contributed by atoms with Crippen molar-refractivity contribution < 1.29 is 0 Å². The van der Waals surface area contributed by atoms with Crippen molar-refractivity contribution in [2.75, 3.05) is 5.73 Å². The van der Waals surface area contributed by atoms with Crippen LogP contribution in [-0.4, -0.2) is 19.1 Å². The van der Waals surface area contributed by atoms with E-state index in [9.17, 15) is 4.79 Å². The van der Waals surface area contributed by atoms with Gasteiger partial charge in [0.05, 0.1) is 22.1 Å². The fourth-order valence-corrected chi connectivity index (χ4v) is 2.03. The van der Waals surface area contributed by atoms with Gasteiger partial charge in [-0.05, 0) is 29.5 Å². The molecule has 0 fully saturated rings. The molecule has 0 spiro atoms. The Kier molecular flexibility index (Phi) is 3.19. The highest BCUT2D eigenvalue weighted by Crippen LogP contribution is 2.13. The van der Waals surface area contributed by atoms with E-state index in [0.29, 0.717) is 20.8 Å². The van der Waals surface area contributed by atoms with Crippen LogP contribution in [0.25, 0.3) is 0 Å². The van der Waals surface area contributed by atoms with E-state index in [4.69, 9.17) is 5.73 Å². The van der Waals surface area contributed by atoms with Crippen molar-refractivity contribution in [1.29, 1.82) is 0 Å². The fraction of sp³-hybridized carbons (Fsp3) is 0.250. The molecule has 0 radical (unpaired) electrons. The summed E-state index contributed by atoms with van der Waals surface area (Å²) in [6, 6.07) is 0. The lowest BCUT2D eigenvalue weighted by Crippen LogP contribution is -2.25. The van der Waals surface area contributed by atoms with Crippen LogP contribution in [0.2, 0.25) is 0 Å². The van der Waals surface area contributed by atoms with E-state index in [2.05, 4.69) is 14.6 Å². The normalized spacial score (nSPS) is 10.6. The molecule has 16 heavy (non-hydrogen) atoms. The predicted molar refractivity (Wildman–Crippen MR) is 69.4 cm³/mol. The Labute approximate surface area is 109 Å². The quantitative estimate of drug-likeness (QED) is 0.804. The van der Waals surface area contributed by atoms with Gasteiger partial charge in [0.2, 0.25) is 0 Å². The highest BCUT2D eigenvalue weighted by Gasteiger charge is 2.09. The van der Waals surface area contributed by atoms with Crippen LogP contribution in [0.1, 0.15) is 11.4 Å². The minimum Gasteiger partial charge on any atom is -0.388 e. The second-order valence-corrected chi connectivity index (χ2v) is 5.03. The molecule has 0 aliphatic rings. The third kappa shape index (κ3) is 2.07. The van der Waals surface area contributed by atoms with Crippen LogP contribution in [0.4, 0.5) is 5.00 Å². The summed E-state index contributed by atoms with van der Waals surface area (Å²) in [5.41, 5.74) is 6.91. The van der Waals surface area contributed by atoms with Gasteiger partial charge in [-0.3, -0.25) is 9.36 Å². The second kappa shape index (κ2) is 4.45. The number of anilines is 1. The summed E-state index contributed by atoms with van der Waals surface area (Å²) in [6.45, 7) is 2.11. The summed E-state index contributed by atoms with van der Waals surface area (Å²) in [5.74, 6) is 0. The molecule has 2 rings (SSSR count). The van der Waals surface area contributed by atoms with Gasteiger partial charge in [-0.15, -0.1) is 5.10 Å². The zero-order valence-electron chi connectivity index (χ0n) is 8.35. The molecule has 2 aromatic rings. The van der Waals surface area contributed by atoms with Crippen LogP contribution < -0.4 is 11.3 Å². The maximum atomic E-state index is 11.9.